The Morgan fingerprint density at radius 2 is 1.70 bits per heavy atom. The summed E-state index contributed by atoms with van der Waals surface area (Å²) >= 11 is 6.19. The first-order chi connectivity index (χ1) is 19.3. The number of para-hydroxylation sites is 1. The zero-order valence-electron chi connectivity index (χ0n) is 21.2. The number of fused-ring (bicyclic) bond motifs is 3. The highest BCUT2D eigenvalue weighted by Crippen LogP contribution is 2.38. The molecule has 6 rings (SSSR count). The summed E-state index contributed by atoms with van der Waals surface area (Å²) in [5, 5.41) is 4.52. The van der Waals surface area contributed by atoms with Crippen molar-refractivity contribution in [2.24, 2.45) is 0 Å². The van der Waals surface area contributed by atoms with Crippen molar-refractivity contribution in [3.8, 4) is 0 Å². The number of benzene rings is 4. The third kappa shape index (κ3) is 4.65. The summed E-state index contributed by atoms with van der Waals surface area (Å²) < 4.78 is 27.4. The van der Waals surface area contributed by atoms with Crippen molar-refractivity contribution in [1.29, 1.82) is 0 Å². The number of aromatic amines is 1. The van der Waals surface area contributed by atoms with Gasteiger partial charge in [-0.2, -0.15) is 0 Å². The van der Waals surface area contributed by atoms with E-state index in [2.05, 4.69) is 10.3 Å². The van der Waals surface area contributed by atoms with Gasteiger partial charge in [-0.1, -0.05) is 54.1 Å². The lowest BCUT2D eigenvalue weighted by Crippen LogP contribution is -2.31. The van der Waals surface area contributed by atoms with Crippen molar-refractivity contribution in [1.82, 2.24) is 10.3 Å². The zero-order valence-corrected chi connectivity index (χ0v) is 22.8. The molecule has 0 spiro atoms. The summed E-state index contributed by atoms with van der Waals surface area (Å²) in [6.07, 6.45) is 2.55. The van der Waals surface area contributed by atoms with Crippen LogP contribution in [0.5, 0.6) is 0 Å². The van der Waals surface area contributed by atoms with Gasteiger partial charge >= 0.3 is 0 Å². The number of nitrogens with one attached hydrogen (secondary N) is 2. The highest BCUT2D eigenvalue weighted by atomic mass is 35.5. The average molecular weight is 570 g/mol. The van der Waals surface area contributed by atoms with E-state index in [9.17, 15) is 18.0 Å². The van der Waals surface area contributed by atoms with Gasteiger partial charge in [0, 0.05) is 34.2 Å². The Balaban J connectivity index is 1.34. The fourth-order valence-corrected chi connectivity index (χ4v) is 6.92. The van der Waals surface area contributed by atoms with E-state index >= 15 is 0 Å². The van der Waals surface area contributed by atoms with Gasteiger partial charge < -0.3 is 15.2 Å². The second-order valence-corrected chi connectivity index (χ2v) is 11.9. The highest BCUT2D eigenvalue weighted by Gasteiger charge is 2.36. The number of nitrogens with zero attached hydrogens (tertiary/aromatic N) is 1. The van der Waals surface area contributed by atoms with E-state index in [0.29, 0.717) is 18.0 Å². The van der Waals surface area contributed by atoms with Crippen LogP contribution in [0.4, 0.5) is 5.69 Å². The van der Waals surface area contributed by atoms with E-state index in [-0.39, 0.29) is 39.1 Å². The summed E-state index contributed by atoms with van der Waals surface area (Å²) in [5.74, 6) is -0.841. The molecule has 2 amide bonds. The van der Waals surface area contributed by atoms with Crippen LogP contribution in [-0.2, 0) is 22.8 Å². The van der Waals surface area contributed by atoms with Gasteiger partial charge in [0.25, 0.3) is 11.8 Å². The molecule has 1 aromatic heterocycles. The SMILES string of the molecule is O=C(NCCc1c[nH]c2ccccc12)c1ccc2c(c1)N(Cc1cccc(Cl)c1)C(=O)c1ccccc1S2(=O)=O. The highest BCUT2D eigenvalue weighted by molar-refractivity contribution is 7.91. The minimum absolute atomic E-state index is 0.0387. The molecule has 0 bridgehead atoms. The number of H-pyrrole nitrogens is 1. The quantitative estimate of drug-likeness (QED) is 0.270. The predicted molar refractivity (Wildman–Crippen MR) is 155 cm³/mol. The van der Waals surface area contributed by atoms with Crippen LogP contribution < -0.4 is 10.2 Å². The number of aromatic nitrogens is 1. The Morgan fingerprint density at radius 1 is 0.900 bits per heavy atom. The Hall–Kier alpha value is -4.40. The van der Waals surface area contributed by atoms with Gasteiger partial charge in [0.15, 0.2) is 0 Å². The lowest BCUT2D eigenvalue weighted by atomic mass is 10.1. The van der Waals surface area contributed by atoms with E-state index in [1.165, 1.54) is 35.2 Å². The minimum Gasteiger partial charge on any atom is -0.361 e. The largest absolute Gasteiger partial charge is 0.361 e. The third-order valence-electron chi connectivity index (χ3n) is 7.04. The van der Waals surface area contributed by atoms with Crippen LogP contribution in [0.2, 0.25) is 5.02 Å². The van der Waals surface area contributed by atoms with Crippen LogP contribution in [0.25, 0.3) is 10.9 Å². The molecule has 0 saturated carbocycles. The maximum Gasteiger partial charge on any atom is 0.259 e. The van der Waals surface area contributed by atoms with Crippen molar-refractivity contribution in [2.45, 2.75) is 22.8 Å². The molecule has 1 aliphatic heterocycles. The number of rotatable bonds is 6. The summed E-state index contributed by atoms with van der Waals surface area (Å²) in [4.78, 5) is 31.5. The monoisotopic (exact) mass is 569 g/mol. The maximum atomic E-state index is 13.8. The Kier molecular flexibility index (Phi) is 6.65. The Labute approximate surface area is 236 Å². The molecule has 9 heteroatoms. The number of carbonyl (C=O) groups is 2. The van der Waals surface area contributed by atoms with Crippen molar-refractivity contribution >= 4 is 49.8 Å². The van der Waals surface area contributed by atoms with Crippen LogP contribution >= 0.6 is 11.6 Å². The molecule has 40 heavy (non-hydrogen) atoms. The summed E-state index contributed by atoms with van der Waals surface area (Å²) in [6.45, 7) is 0.453. The van der Waals surface area contributed by atoms with E-state index in [1.807, 2.05) is 36.5 Å². The normalized spacial score (nSPS) is 13.9. The fourth-order valence-electron chi connectivity index (χ4n) is 5.07. The second-order valence-electron chi connectivity index (χ2n) is 9.57. The molecule has 7 nitrogen and oxygen atoms in total. The maximum absolute atomic E-state index is 13.8. The number of hydrogen-bond acceptors (Lipinski definition) is 4. The topological polar surface area (TPSA) is 99.3 Å². The standard InChI is InChI=1S/C31H24ClN3O4S/c32-23-7-5-6-20(16-23)19-35-27-17-21(30(36)33-15-14-22-18-34-26-10-3-1-8-24(22)26)12-13-29(27)40(38,39)28-11-4-2-9-25(28)31(35)37/h1-13,16-18,34H,14-15,19H2,(H,33,36). The molecule has 200 valence electrons. The van der Waals surface area contributed by atoms with E-state index in [0.717, 1.165) is 22.0 Å². The van der Waals surface area contributed by atoms with Gasteiger partial charge in [0.1, 0.15) is 0 Å². The predicted octanol–water partition coefficient (Wildman–Crippen LogP) is 5.79. The van der Waals surface area contributed by atoms with Crippen LogP contribution in [0.3, 0.4) is 0 Å². The number of halogens is 1. The smallest absolute Gasteiger partial charge is 0.259 e. The lowest BCUT2D eigenvalue weighted by Gasteiger charge is -2.23. The third-order valence-corrected chi connectivity index (χ3v) is 9.13. The number of carbonyl (C=O) groups excluding carboxylic acids is 2. The first kappa shape index (κ1) is 25.9. The lowest BCUT2D eigenvalue weighted by molar-refractivity contribution is 0.0950. The molecule has 0 radical (unpaired) electrons. The minimum atomic E-state index is -4.04. The first-order valence-electron chi connectivity index (χ1n) is 12.7. The zero-order chi connectivity index (χ0) is 27.9. The van der Waals surface area contributed by atoms with Crippen molar-refractivity contribution in [3.63, 3.8) is 0 Å². The van der Waals surface area contributed by atoms with Gasteiger partial charge in [-0.3, -0.25) is 9.59 Å². The van der Waals surface area contributed by atoms with E-state index in [1.54, 1.807) is 30.3 Å². The van der Waals surface area contributed by atoms with Gasteiger partial charge in [-0.05, 0) is 66.1 Å². The van der Waals surface area contributed by atoms with Gasteiger partial charge in [0.2, 0.25) is 9.84 Å². The summed E-state index contributed by atoms with van der Waals surface area (Å²) in [5.41, 5.74) is 3.30. The van der Waals surface area contributed by atoms with Gasteiger partial charge in [-0.15, -0.1) is 0 Å². The fraction of sp³-hybridized carbons (Fsp3) is 0.0968. The van der Waals surface area contributed by atoms with E-state index in [4.69, 9.17) is 11.6 Å². The van der Waals surface area contributed by atoms with Gasteiger partial charge in [0.05, 0.1) is 27.6 Å². The molecule has 0 saturated heterocycles. The Morgan fingerprint density at radius 3 is 2.55 bits per heavy atom. The molecule has 0 fully saturated rings. The summed E-state index contributed by atoms with van der Waals surface area (Å²) in [7, 11) is -4.04. The molecular weight excluding hydrogens is 546 g/mol. The number of anilines is 1. The van der Waals surface area contributed by atoms with Crippen LogP contribution in [0, 0.1) is 0 Å². The molecule has 4 aromatic carbocycles. The number of hydrogen-bond donors (Lipinski definition) is 2. The van der Waals surface area contributed by atoms with Crippen LogP contribution in [-0.4, -0.2) is 31.8 Å². The van der Waals surface area contributed by atoms with Crippen LogP contribution in [0.1, 0.15) is 31.8 Å². The molecule has 0 unspecified atom stereocenters. The van der Waals surface area contributed by atoms with Crippen molar-refractivity contribution in [2.75, 3.05) is 11.4 Å². The summed E-state index contributed by atoms with van der Waals surface area (Å²) in [6, 6.07) is 25.5. The molecule has 0 atom stereocenters. The molecule has 0 aliphatic carbocycles. The van der Waals surface area contributed by atoms with Crippen molar-refractivity contribution < 1.29 is 18.0 Å². The second kappa shape index (κ2) is 10.3. The van der Waals surface area contributed by atoms with Crippen molar-refractivity contribution in [3.05, 3.63) is 124 Å². The van der Waals surface area contributed by atoms with Crippen LogP contribution in [0.15, 0.2) is 107 Å². The first-order valence-corrected chi connectivity index (χ1v) is 14.6. The Bertz CT molecular complexity index is 1900. The van der Waals surface area contributed by atoms with E-state index < -0.39 is 15.7 Å². The molecule has 5 aromatic rings. The average Bonchev–Trinajstić information content (AvgIpc) is 3.36. The number of sulfone groups is 1. The molecular formula is C31H24ClN3O4S. The number of amides is 2. The van der Waals surface area contributed by atoms with Gasteiger partial charge in [-0.25, -0.2) is 8.42 Å². The molecule has 2 N–H and O–H groups in total. The molecule has 1 aliphatic rings. The molecule has 2 heterocycles.